The van der Waals surface area contributed by atoms with Crippen molar-refractivity contribution in [3.8, 4) is 0 Å². The normalized spacial score (nSPS) is 26.2. The van der Waals surface area contributed by atoms with Gasteiger partial charge in [0.1, 0.15) is 18.4 Å². The molecule has 13 heavy (non-hydrogen) atoms. The van der Waals surface area contributed by atoms with Crippen LogP contribution in [0.2, 0.25) is 0 Å². The van der Waals surface area contributed by atoms with E-state index in [2.05, 4.69) is 49.7 Å². The molecule has 1 unspecified atom stereocenters. The summed E-state index contributed by atoms with van der Waals surface area (Å²) in [6.07, 6.45) is 8.58. The molecule has 1 aromatic carbocycles. The predicted molar refractivity (Wildman–Crippen MR) is 56.1 cm³/mol. The summed E-state index contributed by atoms with van der Waals surface area (Å²) in [4.78, 5) is 0. The lowest BCUT2D eigenvalue weighted by atomic mass is 10.2. The molecule has 0 saturated heterocycles. The highest BCUT2D eigenvalue weighted by Gasteiger charge is 2.21. The van der Waals surface area contributed by atoms with Crippen LogP contribution >= 0.6 is 0 Å². The van der Waals surface area contributed by atoms with Gasteiger partial charge in [0.15, 0.2) is 0 Å². The number of likely N-dealkylation sites (N-methyl/N-ethyl adjacent to an activating group) is 1. The van der Waals surface area contributed by atoms with Crippen molar-refractivity contribution < 1.29 is 0 Å². The average molecular weight is 171 g/mol. The molecule has 1 aliphatic rings. The fourth-order valence-electron chi connectivity index (χ4n) is 1.57. The Hall–Kier alpha value is -1.34. The number of rotatable bonds is 1. The molecule has 0 N–H and O–H groups in total. The van der Waals surface area contributed by atoms with E-state index in [1.165, 1.54) is 5.69 Å². The molecule has 0 aromatic heterocycles. The first-order chi connectivity index (χ1) is 6.31. The molecule has 1 radical (unpaired) electrons. The van der Waals surface area contributed by atoms with Crippen molar-refractivity contribution in [2.45, 2.75) is 0 Å². The van der Waals surface area contributed by atoms with E-state index in [0.29, 0.717) is 0 Å². The monoisotopic (exact) mass is 171 g/mol. The van der Waals surface area contributed by atoms with E-state index in [1.807, 2.05) is 12.1 Å². The van der Waals surface area contributed by atoms with Crippen LogP contribution in [0.5, 0.6) is 0 Å². The molecular formula is C12H13N+. The number of hydrogen-bond donors (Lipinski definition) is 0. The topological polar surface area (TPSA) is 0 Å². The van der Waals surface area contributed by atoms with E-state index in [9.17, 15) is 0 Å². The molecule has 0 fully saturated rings. The fraction of sp³-hybridized carbons (Fsp3) is 0.167. The minimum Gasteiger partial charge on any atom is -0.264 e. The van der Waals surface area contributed by atoms with Gasteiger partial charge < -0.3 is 0 Å². The standard InChI is InChI=1S/C12H13N/c1-13(10-6-3-7-11-13)12-8-4-2-5-9-12/h3-10H,11H2,1H3/q+1. The zero-order chi connectivity index (χ0) is 9.15. The molecule has 1 atom stereocenters. The Labute approximate surface area is 79.2 Å². The number of benzene rings is 1. The van der Waals surface area contributed by atoms with Crippen LogP contribution in [0.25, 0.3) is 0 Å². The number of quaternary nitrogens is 1. The van der Waals surface area contributed by atoms with E-state index in [0.717, 1.165) is 11.0 Å². The van der Waals surface area contributed by atoms with Crippen LogP contribution in [0.3, 0.4) is 0 Å². The van der Waals surface area contributed by atoms with Crippen LogP contribution in [0.1, 0.15) is 0 Å². The largest absolute Gasteiger partial charge is 0.264 e. The van der Waals surface area contributed by atoms with Crippen molar-refractivity contribution in [2.75, 3.05) is 13.6 Å². The van der Waals surface area contributed by atoms with Gasteiger partial charge in [0, 0.05) is 12.1 Å². The molecule has 65 valence electrons. The van der Waals surface area contributed by atoms with Gasteiger partial charge in [-0.1, -0.05) is 6.08 Å². The highest BCUT2D eigenvalue weighted by atomic mass is 15.3. The summed E-state index contributed by atoms with van der Waals surface area (Å²) in [5.41, 5.74) is 1.30. The SMILES string of the molecule is C[N+]1(c2cc[c]cc2)C=CC=CC1. The number of nitrogens with zero attached hydrogens (tertiary/aromatic N) is 1. The molecule has 1 nitrogen and oxygen atoms in total. The van der Waals surface area contributed by atoms with Gasteiger partial charge >= 0.3 is 0 Å². The lowest BCUT2D eigenvalue weighted by molar-refractivity contribution is 0.486. The summed E-state index contributed by atoms with van der Waals surface area (Å²) in [6, 6.07) is 11.2. The summed E-state index contributed by atoms with van der Waals surface area (Å²) in [7, 11) is 2.20. The van der Waals surface area contributed by atoms with Gasteiger partial charge in [0.05, 0.1) is 7.05 Å². The van der Waals surface area contributed by atoms with Gasteiger partial charge in [0.2, 0.25) is 0 Å². The molecule has 0 bridgehead atoms. The zero-order valence-electron chi connectivity index (χ0n) is 7.77. The quantitative estimate of drug-likeness (QED) is 0.569. The van der Waals surface area contributed by atoms with Gasteiger partial charge in [0.25, 0.3) is 0 Å². The molecule has 1 heteroatoms. The Bertz CT molecular complexity index is 337. The van der Waals surface area contributed by atoms with Crippen molar-refractivity contribution in [1.29, 1.82) is 0 Å². The second-order valence-electron chi connectivity index (χ2n) is 3.48. The maximum Gasteiger partial charge on any atom is 0.137 e. The molecule has 0 saturated carbocycles. The van der Waals surface area contributed by atoms with Crippen molar-refractivity contribution in [3.05, 3.63) is 54.8 Å². The molecule has 1 heterocycles. The van der Waals surface area contributed by atoms with Crippen molar-refractivity contribution >= 4 is 5.69 Å². The second-order valence-corrected chi connectivity index (χ2v) is 3.48. The average Bonchev–Trinajstić information content (AvgIpc) is 2.20. The Morgan fingerprint density at radius 1 is 1.23 bits per heavy atom. The van der Waals surface area contributed by atoms with Gasteiger partial charge in [-0.2, -0.15) is 0 Å². The third-order valence-corrected chi connectivity index (χ3v) is 2.44. The maximum absolute atomic E-state index is 3.04. The van der Waals surface area contributed by atoms with Crippen LogP contribution in [0.4, 0.5) is 5.69 Å². The fourth-order valence-corrected chi connectivity index (χ4v) is 1.57. The van der Waals surface area contributed by atoms with Crippen LogP contribution in [-0.2, 0) is 0 Å². The maximum atomic E-state index is 3.04. The van der Waals surface area contributed by atoms with Crippen LogP contribution in [-0.4, -0.2) is 13.6 Å². The summed E-state index contributed by atoms with van der Waals surface area (Å²) in [5.74, 6) is 0. The Kier molecular flexibility index (Phi) is 2.03. The zero-order valence-corrected chi connectivity index (χ0v) is 7.77. The molecule has 1 aliphatic heterocycles. The molecule has 0 spiro atoms. The van der Waals surface area contributed by atoms with Crippen LogP contribution in [0.15, 0.2) is 48.7 Å². The van der Waals surface area contributed by atoms with E-state index in [4.69, 9.17) is 0 Å². The highest BCUT2D eigenvalue weighted by Crippen LogP contribution is 2.22. The van der Waals surface area contributed by atoms with E-state index in [-0.39, 0.29) is 0 Å². The molecule has 0 aliphatic carbocycles. The smallest absolute Gasteiger partial charge is 0.137 e. The summed E-state index contributed by atoms with van der Waals surface area (Å²) >= 11 is 0. The third-order valence-electron chi connectivity index (χ3n) is 2.44. The molecule has 0 amide bonds. The first kappa shape index (κ1) is 8.27. The van der Waals surface area contributed by atoms with E-state index in [1.54, 1.807) is 0 Å². The minimum atomic E-state index is 0.852. The number of allylic oxidation sites excluding steroid dienone is 2. The van der Waals surface area contributed by atoms with Crippen LogP contribution in [0, 0.1) is 6.07 Å². The lowest BCUT2D eigenvalue weighted by Gasteiger charge is -2.29. The third kappa shape index (κ3) is 1.56. The van der Waals surface area contributed by atoms with Gasteiger partial charge in [-0.3, -0.25) is 4.48 Å². The summed E-state index contributed by atoms with van der Waals surface area (Å²) in [5, 5.41) is 0. The number of hydrogen-bond acceptors (Lipinski definition) is 0. The predicted octanol–water partition coefficient (Wildman–Crippen LogP) is 2.51. The first-order valence-electron chi connectivity index (χ1n) is 4.47. The molecular weight excluding hydrogens is 158 g/mol. The Morgan fingerprint density at radius 3 is 2.62 bits per heavy atom. The molecule has 2 rings (SSSR count). The van der Waals surface area contributed by atoms with Gasteiger partial charge in [-0.05, 0) is 30.4 Å². The second kappa shape index (κ2) is 3.19. The summed E-state index contributed by atoms with van der Waals surface area (Å²) < 4.78 is 0.852. The Morgan fingerprint density at radius 2 is 2.00 bits per heavy atom. The van der Waals surface area contributed by atoms with Gasteiger partial charge in [-0.25, -0.2) is 0 Å². The van der Waals surface area contributed by atoms with E-state index < -0.39 is 0 Å². The first-order valence-corrected chi connectivity index (χ1v) is 4.47. The van der Waals surface area contributed by atoms with Crippen molar-refractivity contribution in [3.63, 3.8) is 0 Å². The Balaban J connectivity index is 2.35. The summed E-state index contributed by atoms with van der Waals surface area (Å²) in [6.45, 7) is 1.03. The van der Waals surface area contributed by atoms with Crippen molar-refractivity contribution in [2.24, 2.45) is 0 Å². The van der Waals surface area contributed by atoms with E-state index >= 15 is 0 Å². The van der Waals surface area contributed by atoms with Gasteiger partial charge in [-0.15, -0.1) is 0 Å². The van der Waals surface area contributed by atoms with Crippen LogP contribution < -0.4 is 4.48 Å². The lowest BCUT2D eigenvalue weighted by Crippen LogP contribution is -2.40. The van der Waals surface area contributed by atoms with Crippen molar-refractivity contribution in [1.82, 2.24) is 4.48 Å². The minimum absolute atomic E-state index is 0.852. The highest BCUT2D eigenvalue weighted by molar-refractivity contribution is 5.45. The molecule has 1 aromatic rings.